The van der Waals surface area contributed by atoms with Crippen LogP contribution in [0.4, 0.5) is 14.5 Å². The maximum atomic E-state index is 13.0. The van der Waals surface area contributed by atoms with Crippen molar-refractivity contribution in [3.8, 4) is 11.5 Å². The van der Waals surface area contributed by atoms with E-state index in [0.717, 1.165) is 0 Å². The third-order valence-corrected chi connectivity index (χ3v) is 3.65. The Labute approximate surface area is 129 Å². The SMILES string of the molecule is Cn1cccc1C(=O)NC1=Nc2cc3c(cc2C1)OC(F)(F)O3. The van der Waals surface area contributed by atoms with E-state index in [4.69, 9.17) is 0 Å². The quantitative estimate of drug-likeness (QED) is 0.877. The molecule has 0 unspecified atom stereocenters. The van der Waals surface area contributed by atoms with E-state index < -0.39 is 6.29 Å². The molecule has 0 saturated carbocycles. The molecule has 6 nitrogen and oxygen atoms in total. The predicted molar refractivity (Wildman–Crippen MR) is 76.3 cm³/mol. The molecule has 1 aromatic heterocycles. The van der Waals surface area contributed by atoms with Gasteiger partial charge in [0.25, 0.3) is 5.91 Å². The van der Waals surface area contributed by atoms with Crippen LogP contribution < -0.4 is 14.8 Å². The summed E-state index contributed by atoms with van der Waals surface area (Å²) in [6.07, 6.45) is -1.56. The zero-order valence-electron chi connectivity index (χ0n) is 12.0. The van der Waals surface area contributed by atoms with Crippen LogP contribution in [0.15, 0.2) is 35.5 Å². The fourth-order valence-corrected chi connectivity index (χ4v) is 2.60. The van der Waals surface area contributed by atoms with Crippen molar-refractivity contribution in [3.05, 3.63) is 41.7 Å². The summed E-state index contributed by atoms with van der Waals surface area (Å²) in [6.45, 7) is 0. The van der Waals surface area contributed by atoms with E-state index >= 15 is 0 Å². The van der Waals surface area contributed by atoms with Crippen molar-refractivity contribution in [1.82, 2.24) is 9.88 Å². The zero-order valence-corrected chi connectivity index (χ0v) is 12.0. The van der Waals surface area contributed by atoms with E-state index in [1.807, 2.05) is 0 Å². The molecule has 2 aliphatic rings. The molecule has 0 spiro atoms. The largest absolute Gasteiger partial charge is 0.586 e. The minimum Gasteiger partial charge on any atom is -0.395 e. The molecule has 0 radical (unpaired) electrons. The molecule has 1 amide bonds. The molecule has 0 saturated heterocycles. The summed E-state index contributed by atoms with van der Waals surface area (Å²) in [4.78, 5) is 16.4. The van der Waals surface area contributed by atoms with Gasteiger partial charge >= 0.3 is 6.29 Å². The van der Waals surface area contributed by atoms with Gasteiger partial charge in [-0.05, 0) is 23.8 Å². The Hall–Kier alpha value is -2.90. The van der Waals surface area contributed by atoms with Gasteiger partial charge in [-0.25, -0.2) is 4.99 Å². The van der Waals surface area contributed by atoms with Gasteiger partial charge in [0.1, 0.15) is 11.5 Å². The van der Waals surface area contributed by atoms with Crippen LogP contribution in [0.3, 0.4) is 0 Å². The van der Waals surface area contributed by atoms with Crippen LogP contribution >= 0.6 is 0 Å². The highest BCUT2D eigenvalue weighted by atomic mass is 19.3. The first-order valence-electron chi connectivity index (χ1n) is 6.84. The normalized spacial score (nSPS) is 16.9. The molecular weight excluding hydrogens is 308 g/mol. The number of nitrogens with one attached hydrogen (secondary N) is 1. The molecule has 0 atom stereocenters. The summed E-state index contributed by atoms with van der Waals surface area (Å²) in [5.74, 6) is 0.0729. The second-order valence-electron chi connectivity index (χ2n) is 5.29. The number of benzene rings is 1. The number of alkyl halides is 2. The lowest BCUT2D eigenvalue weighted by Gasteiger charge is -2.05. The molecule has 2 aromatic rings. The van der Waals surface area contributed by atoms with Crippen molar-refractivity contribution in [3.63, 3.8) is 0 Å². The van der Waals surface area contributed by atoms with Crippen molar-refractivity contribution in [2.24, 2.45) is 12.0 Å². The van der Waals surface area contributed by atoms with Crippen LogP contribution in [0.5, 0.6) is 11.5 Å². The van der Waals surface area contributed by atoms with Crippen LogP contribution in [0, 0.1) is 0 Å². The first-order chi connectivity index (χ1) is 10.9. The molecule has 0 fully saturated rings. The number of aryl methyl sites for hydroxylation is 1. The average Bonchev–Trinajstić information content (AvgIpc) is 3.10. The standard InChI is InChI=1S/C15H11F2N3O3/c1-20-4-2-3-10(20)14(21)19-13-6-8-5-11-12(7-9(8)18-13)23-15(16,17)22-11/h2-5,7H,6H2,1H3,(H,18,19,21). The van der Waals surface area contributed by atoms with Crippen molar-refractivity contribution in [1.29, 1.82) is 0 Å². The minimum atomic E-state index is -3.65. The first kappa shape index (κ1) is 13.7. The Balaban J connectivity index is 1.55. The van der Waals surface area contributed by atoms with Gasteiger partial charge in [-0.1, -0.05) is 0 Å². The molecule has 4 rings (SSSR count). The molecular formula is C15H11F2N3O3. The lowest BCUT2D eigenvalue weighted by Crippen LogP contribution is -2.31. The lowest BCUT2D eigenvalue weighted by molar-refractivity contribution is -0.286. The number of hydrogen-bond donors (Lipinski definition) is 1. The van der Waals surface area contributed by atoms with Crippen molar-refractivity contribution in [2.45, 2.75) is 12.7 Å². The summed E-state index contributed by atoms with van der Waals surface area (Å²) in [5.41, 5.74) is 1.66. The lowest BCUT2D eigenvalue weighted by atomic mass is 10.1. The number of aliphatic imine (C=N–C) groups is 1. The van der Waals surface area contributed by atoms with E-state index in [1.165, 1.54) is 12.1 Å². The van der Waals surface area contributed by atoms with Gasteiger partial charge in [-0.15, -0.1) is 8.78 Å². The summed E-state index contributed by atoms with van der Waals surface area (Å²) in [6, 6.07) is 6.29. The summed E-state index contributed by atoms with van der Waals surface area (Å²) >= 11 is 0. The van der Waals surface area contributed by atoms with E-state index in [9.17, 15) is 13.6 Å². The molecule has 0 bridgehead atoms. The molecule has 1 N–H and O–H groups in total. The Morgan fingerprint density at radius 1 is 1.35 bits per heavy atom. The number of nitrogens with zero attached hydrogens (tertiary/aromatic N) is 2. The maximum Gasteiger partial charge on any atom is 0.586 e. The number of ether oxygens (including phenoxy) is 2. The van der Waals surface area contributed by atoms with Crippen molar-refractivity contribution >= 4 is 17.4 Å². The van der Waals surface area contributed by atoms with Gasteiger partial charge in [-0.3, -0.25) is 4.79 Å². The number of rotatable bonds is 1. The number of hydrogen-bond acceptors (Lipinski definition) is 4. The Bertz CT molecular complexity index is 858. The Morgan fingerprint density at radius 2 is 2.09 bits per heavy atom. The van der Waals surface area contributed by atoms with Crippen LogP contribution in [-0.2, 0) is 13.5 Å². The Kier molecular flexibility index (Phi) is 2.72. The summed E-state index contributed by atoms with van der Waals surface area (Å²) < 4.78 is 36.6. The number of halogens is 2. The van der Waals surface area contributed by atoms with Crippen LogP contribution in [-0.4, -0.2) is 22.6 Å². The second-order valence-corrected chi connectivity index (χ2v) is 5.29. The molecule has 118 valence electrons. The highest BCUT2D eigenvalue weighted by Gasteiger charge is 2.44. The highest BCUT2D eigenvalue weighted by Crippen LogP contribution is 2.45. The molecule has 3 heterocycles. The summed E-state index contributed by atoms with van der Waals surface area (Å²) in [5, 5.41) is 2.72. The fraction of sp³-hybridized carbons (Fsp3) is 0.200. The first-order valence-corrected chi connectivity index (χ1v) is 6.84. The third-order valence-electron chi connectivity index (χ3n) is 3.65. The minimum absolute atomic E-state index is 0.0287. The number of amidine groups is 1. The van der Waals surface area contributed by atoms with Gasteiger partial charge in [0.05, 0.1) is 5.69 Å². The Morgan fingerprint density at radius 3 is 2.78 bits per heavy atom. The third kappa shape index (κ3) is 2.32. The van der Waals surface area contributed by atoms with E-state index in [0.29, 0.717) is 29.2 Å². The molecule has 0 aliphatic carbocycles. The van der Waals surface area contributed by atoms with E-state index in [1.54, 1.807) is 29.9 Å². The van der Waals surface area contributed by atoms with Crippen molar-refractivity contribution < 1.29 is 23.0 Å². The highest BCUT2D eigenvalue weighted by molar-refractivity contribution is 6.08. The maximum absolute atomic E-state index is 13.0. The van der Waals surface area contributed by atoms with Crippen LogP contribution in [0.2, 0.25) is 0 Å². The zero-order chi connectivity index (χ0) is 16.2. The number of carbonyl (C=O) groups is 1. The van der Waals surface area contributed by atoms with Gasteiger partial charge in [0.15, 0.2) is 11.5 Å². The average molecular weight is 319 g/mol. The van der Waals surface area contributed by atoms with Crippen molar-refractivity contribution in [2.75, 3.05) is 0 Å². The van der Waals surface area contributed by atoms with E-state index in [-0.39, 0.29) is 17.4 Å². The van der Waals surface area contributed by atoms with E-state index in [2.05, 4.69) is 19.8 Å². The molecule has 2 aliphatic heterocycles. The van der Waals surface area contributed by atoms with Gasteiger partial charge in [0.2, 0.25) is 0 Å². The predicted octanol–water partition coefficient (Wildman–Crippen LogP) is 2.36. The monoisotopic (exact) mass is 319 g/mol. The number of fused-ring (bicyclic) bond motifs is 2. The molecule has 23 heavy (non-hydrogen) atoms. The topological polar surface area (TPSA) is 64.9 Å². The molecule has 8 heteroatoms. The smallest absolute Gasteiger partial charge is 0.395 e. The number of carbonyl (C=O) groups excluding carboxylic acids is 1. The fourth-order valence-electron chi connectivity index (χ4n) is 2.60. The summed E-state index contributed by atoms with van der Waals surface area (Å²) in [7, 11) is 1.76. The number of amides is 1. The van der Waals surface area contributed by atoms with Gasteiger partial charge < -0.3 is 19.4 Å². The molecule has 1 aromatic carbocycles. The van der Waals surface area contributed by atoms with Crippen LogP contribution in [0.1, 0.15) is 16.1 Å². The van der Waals surface area contributed by atoms with Crippen LogP contribution in [0.25, 0.3) is 0 Å². The number of aromatic nitrogens is 1. The van der Waals surface area contributed by atoms with Gasteiger partial charge in [0, 0.05) is 25.7 Å². The van der Waals surface area contributed by atoms with Gasteiger partial charge in [-0.2, -0.15) is 0 Å². The second kappa shape index (κ2) is 4.55.